The van der Waals surface area contributed by atoms with E-state index in [9.17, 15) is 40.9 Å². The van der Waals surface area contributed by atoms with Gasteiger partial charge in [-0.1, -0.05) is 34.3 Å². The first-order chi connectivity index (χ1) is 31.6. The molecule has 25 heteroatoms. The molecule has 0 atom stereocenters. The molecule has 0 aliphatic rings. The van der Waals surface area contributed by atoms with Crippen molar-refractivity contribution in [3.63, 3.8) is 0 Å². The second-order valence-corrected chi connectivity index (χ2v) is 18.1. The average Bonchev–Trinajstić information content (AvgIpc) is 3.28. The van der Waals surface area contributed by atoms with E-state index in [-0.39, 0.29) is 49.1 Å². The average molecular weight is 973 g/mol. The van der Waals surface area contributed by atoms with Crippen LogP contribution >= 0.6 is 24.1 Å². The minimum absolute atomic E-state index is 0.0308. The van der Waals surface area contributed by atoms with E-state index in [1.807, 2.05) is 0 Å². The summed E-state index contributed by atoms with van der Waals surface area (Å²) < 4.78 is 76.6. The number of rotatable bonds is 14. The van der Waals surface area contributed by atoms with E-state index < -0.39 is 42.6 Å². The van der Waals surface area contributed by atoms with Gasteiger partial charge in [0.05, 0.1) is 45.3 Å². The minimum Gasteiger partial charge on any atom is -0.505 e. The van der Waals surface area contributed by atoms with Crippen LogP contribution < -0.4 is 10.6 Å². The number of nitrogens with one attached hydrogen (secondary N) is 2. The zero-order valence-electron chi connectivity index (χ0n) is 32.8. The number of phenolic OH excluding ortho intramolecular Hbond substituents is 2. The highest BCUT2D eigenvalue weighted by atomic mass is 32.2. The molecule has 0 aliphatic heterocycles. The molecule has 0 aromatic heterocycles. The van der Waals surface area contributed by atoms with Gasteiger partial charge in [-0.05, 0) is 129 Å². The van der Waals surface area contributed by atoms with Crippen molar-refractivity contribution in [2.24, 2.45) is 20.5 Å². The van der Waals surface area contributed by atoms with Crippen LogP contribution in [0.4, 0.5) is 38.9 Å². The number of azo groups is 2. The van der Waals surface area contributed by atoms with E-state index >= 15 is 0 Å². The van der Waals surface area contributed by atoms with Gasteiger partial charge < -0.3 is 20.8 Å². The highest BCUT2D eigenvalue weighted by Gasteiger charge is 2.23. The standard InChI is InChI=1S/C41H28N6O15S4/c48-39-33-11-7-27(15-25(33)19-35(64-62-60-52)37(39)46-44-29-5-1-23-17-31(63-61-59-51)9-3-21(23)13-29)42-41(50)43-28-8-12-34-26(16-28)20-36(66(56,57)58)38(40(34)49)47-45-30-6-2-24-18-32(65(53,54)55)10-4-22(24)14-30/h1-20,48-49,51-52H,(H2,42,43,50)(H,53,54,55)(H,56,57,58)/b46-44+,47-45+. The monoisotopic (exact) mass is 972 g/mol. The number of urea groups is 1. The van der Waals surface area contributed by atoms with Crippen molar-refractivity contribution in [2.75, 3.05) is 10.6 Å². The van der Waals surface area contributed by atoms with Gasteiger partial charge in [0.25, 0.3) is 20.2 Å². The van der Waals surface area contributed by atoms with Crippen LogP contribution in [-0.4, -0.2) is 52.7 Å². The van der Waals surface area contributed by atoms with Crippen molar-refractivity contribution in [1.29, 1.82) is 0 Å². The molecular formula is C41H28N6O15S4. The van der Waals surface area contributed by atoms with Gasteiger partial charge in [-0.3, -0.25) is 9.11 Å². The Morgan fingerprint density at radius 1 is 0.515 bits per heavy atom. The molecule has 8 aromatic carbocycles. The maximum absolute atomic E-state index is 13.2. The van der Waals surface area contributed by atoms with E-state index in [4.69, 9.17) is 10.5 Å². The van der Waals surface area contributed by atoms with Crippen LogP contribution in [0.5, 0.6) is 11.5 Å². The third-order valence-electron chi connectivity index (χ3n) is 9.63. The molecule has 336 valence electrons. The predicted octanol–water partition coefficient (Wildman–Crippen LogP) is 11.5. The molecule has 21 nitrogen and oxygen atoms in total. The SMILES string of the molecule is O=C(Nc1ccc2c(O)c(/N=N/c3ccc4cc(SOOO)ccc4c3)c(SOOO)cc2c1)Nc1ccc2c(O)c(/N=N/c3ccc4cc(S(=O)(=O)O)ccc4c3)c(S(=O)(=O)O)cc2c1. The first-order valence-electron chi connectivity index (χ1n) is 18.4. The van der Waals surface area contributed by atoms with Crippen LogP contribution in [-0.2, 0) is 39.0 Å². The number of hydrogen-bond donors (Lipinski definition) is 8. The topological polar surface area (TPSA) is 317 Å². The highest BCUT2D eigenvalue weighted by molar-refractivity contribution is 7.95. The minimum atomic E-state index is -5.01. The molecule has 0 radical (unpaired) electrons. The second-order valence-electron chi connectivity index (χ2n) is 13.8. The Morgan fingerprint density at radius 3 is 1.62 bits per heavy atom. The van der Waals surface area contributed by atoms with Crippen LogP contribution in [0, 0.1) is 0 Å². The lowest BCUT2D eigenvalue weighted by Gasteiger charge is -2.13. The second kappa shape index (κ2) is 18.9. The lowest BCUT2D eigenvalue weighted by molar-refractivity contribution is -0.432. The van der Waals surface area contributed by atoms with Crippen LogP contribution in [0.3, 0.4) is 0 Å². The number of hydrogen-bond acceptors (Lipinski definition) is 19. The number of benzene rings is 8. The fraction of sp³-hybridized carbons (Fsp3) is 0. The van der Waals surface area contributed by atoms with E-state index in [2.05, 4.69) is 49.8 Å². The molecule has 0 heterocycles. The lowest BCUT2D eigenvalue weighted by Crippen LogP contribution is -2.19. The molecule has 0 spiro atoms. The maximum Gasteiger partial charge on any atom is 0.323 e. The van der Waals surface area contributed by atoms with Crippen LogP contribution in [0.15, 0.2) is 161 Å². The Morgan fingerprint density at radius 2 is 1.03 bits per heavy atom. The smallest absolute Gasteiger partial charge is 0.323 e. The number of carbonyl (C=O) groups is 1. The molecule has 8 N–H and O–H groups in total. The van der Waals surface area contributed by atoms with Crippen molar-refractivity contribution in [2.45, 2.75) is 19.6 Å². The van der Waals surface area contributed by atoms with E-state index in [1.54, 1.807) is 36.4 Å². The summed E-state index contributed by atoms with van der Waals surface area (Å²) in [7, 11) is -9.45. The number of anilines is 2. The number of phenols is 2. The van der Waals surface area contributed by atoms with Gasteiger partial charge in [-0.15, -0.1) is 18.9 Å². The number of nitrogens with zero attached hydrogens (tertiary/aromatic N) is 4. The van der Waals surface area contributed by atoms with Gasteiger partial charge in [-0.2, -0.15) is 27.1 Å². The quantitative estimate of drug-likeness (QED) is 0.0165. The molecule has 0 saturated carbocycles. The van der Waals surface area contributed by atoms with Gasteiger partial charge in [0.2, 0.25) is 0 Å². The number of fused-ring (bicyclic) bond motifs is 4. The van der Waals surface area contributed by atoms with Crippen molar-refractivity contribution >= 4 is 128 Å². The normalized spacial score (nSPS) is 12.3. The van der Waals surface area contributed by atoms with E-state index in [1.165, 1.54) is 78.9 Å². The Labute approximate surface area is 379 Å². The molecule has 2 amide bonds. The largest absolute Gasteiger partial charge is 0.505 e. The van der Waals surface area contributed by atoms with Crippen molar-refractivity contribution in [1.82, 2.24) is 0 Å². The van der Waals surface area contributed by atoms with Crippen molar-refractivity contribution < 1.29 is 70.2 Å². The van der Waals surface area contributed by atoms with Crippen LogP contribution in [0.2, 0.25) is 0 Å². The summed E-state index contributed by atoms with van der Waals surface area (Å²) in [6, 6.07) is 29.3. The molecule has 66 heavy (non-hydrogen) atoms. The molecule has 0 aliphatic carbocycles. The molecule has 8 aromatic rings. The maximum atomic E-state index is 13.2. The number of carbonyl (C=O) groups excluding carboxylic acids is 1. The van der Waals surface area contributed by atoms with Crippen LogP contribution in [0.1, 0.15) is 0 Å². The fourth-order valence-electron chi connectivity index (χ4n) is 6.69. The molecular weight excluding hydrogens is 945 g/mol. The van der Waals surface area contributed by atoms with Crippen LogP contribution in [0.25, 0.3) is 43.1 Å². The zero-order chi connectivity index (χ0) is 46.8. The van der Waals surface area contributed by atoms with Crippen molar-refractivity contribution in [3.8, 4) is 11.5 Å². The molecule has 0 unspecified atom stereocenters. The summed E-state index contributed by atoms with van der Waals surface area (Å²) in [4.78, 5) is 12.9. The molecule has 0 bridgehead atoms. The molecule has 0 fully saturated rings. The number of aromatic hydroxyl groups is 2. The first-order valence-corrected chi connectivity index (χ1v) is 22.8. The highest BCUT2D eigenvalue weighted by Crippen LogP contribution is 2.45. The number of amides is 2. The molecule has 0 saturated heterocycles. The van der Waals surface area contributed by atoms with E-state index in [0.717, 1.165) is 28.9 Å². The fourth-order valence-corrected chi connectivity index (χ4v) is 8.76. The van der Waals surface area contributed by atoms with Gasteiger partial charge in [0.1, 0.15) is 16.3 Å². The Balaban J connectivity index is 1.01. The Hall–Kier alpha value is -6.85. The van der Waals surface area contributed by atoms with Gasteiger partial charge in [-0.25, -0.2) is 15.3 Å². The summed E-state index contributed by atoms with van der Waals surface area (Å²) >= 11 is 1.33. The first kappa shape index (κ1) is 45.7. The summed E-state index contributed by atoms with van der Waals surface area (Å²) in [6.07, 6.45) is 0. The molecule has 8 rings (SSSR count). The third-order valence-corrected chi connectivity index (χ3v) is 12.5. The summed E-state index contributed by atoms with van der Waals surface area (Å²) in [5, 5.41) is 72.3. The van der Waals surface area contributed by atoms with E-state index in [0.29, 0.717) is 44.2 Å². The lowest BCUT2D eigenvalue weighted by atomic mass is 10.1. The van der Waals surface area contributed by atoms with Crippen molar-refractivity contribution in [3.05, 3.63) is 121 Å². The van der Waals surface area contributed by atoms with Gasteiger partial charge >= 0.3 is 6.03 Å². The van der Waals surface area contributed by atoms with Gasteiger partial charge in [0, 0.05) is 27.0 Å². The predicted molar refractivity (Wildman–Crippen MR) is 241 cm³/mol. The Bertz CT molecular complexity index is 3540. The summed E-state index contributed by atoms with van der Waals surface area (Å²) in [6.45, 7) is 0. The summed E-state index contributed by atoms with van der Waals surface area (Å²) in [5.74, 6) is -0.965. The van der Waals surface area contributed by atoms with Gasteiger partial charge in [0.15, 0.2) is 11.5 Å². The third kappa shape index (κ3) is 10.2. The zero-order valence-corrected chi connectivity index (χ0v) is 36.1. The Kier molecular flexibility index (Phi) is 13.1. The summed E-state index contributed by atoms with van der Waals surface area (Å²) in [5.41, 5.74) is 0.392.